The molecule has 4 aromatic rings. The molecule has 2 aromatic heterocycles. The molecule has 0 atom stereocenters. The number of fused-ring (bicyclic) bond motifs is 2. The first-order chi connectivity index (χ1) is 16.4. The average Bonchev–Trinajstić information content (AvgIpc) is 3.22. The number of hydrogen-bond acceptors (Lipinski definition) is 4. The number of carbonyl (C=O) groups excluding carboxylic acids is 1. The molecule has 9 heteroatoms. The van der Waals surface area contributed by atoms with Gasteiger partial charge in [0, 0.05) is 22.8 Å². The number of nitrogens with one attached hydrogen (secondary N) is 1. The Labute approximate surface area is 200 Å². The van der Waals surface area contributed by atoms with Gasteiger partial charge in [-0.05, 0) is 75.1 Å². The highest BCUT2D eigenvalue weighted by atomic mass is 35.5. The van der Waals surface area contributed by atoms with E-state index in [1.807, 2.05) is 6.92 Å². The Balaban J connectivity index is 1.50. The fourth-order valence-electron chi connectivity index (χ4n) is 4.46. The third-order valence-corrected chi connectivity index (χ3v) is 6.42. The molecule has 1 aliphatic carbocycles. The van der Waals surface area contributed by atoms with Gasteiger partial charge in [0.05, 0.1) is 23.1 Å². The molecule has 1 N–H and O–H groups in total. The maximum absolute atomic E-state index is 13.6. The van der Waals surface area contributed by atoms with Gasteiger partial charge in [0.2, 0.25) is 0 Å². The first-order valence-electron chi connectivity index (χ1n) is 11.3. The van der Waals surface area contributed by atoms with Crippen molar-refractivity contribution >= 4 is 28.4 Å². The Morgan fingerprint density at radius 1 is 1.18 bits per heavy atom. The van der Waals surface area contributed by atoms with E-state index >= 15 is 0 Å². The first kappa shape index (κ1) is 22.3. The third-order valence-electron chi connectivity index (χ3n) is 6.18. The minimum Gasteiger partial charge on any atom is -0.330 e. The molecule has 5 rings (SSSR count). The highest BCUT2D eigenvalue weighted by molar-refractivity contribution is 6.31. The van der Waals surface area contributed by atoms with E-state index in [4.69, 9.17) is 11.6 Å². The molecular weight excluding hydrogens is 457 g/mol. The Morgan fingerprint density at radius 2 is 1.94 bits per heavy atom. The van der Waals surface area contributed by atoms with Crippen LogP contribution in [0, 0.1) is 5.82 Å². The summed E-state index contributed by atoms with van der Waals surface area (Å²) in [5.41, 5.74) is 3.24. The van der Waals surface area contributed by atoms with Crippen molar-refractivity contribution in [1.82, 2.24) is 24.6 Å². The lowest BCUT2D eigenvalue weighted by Gasteiger charge is -2.20. The number of H-pyrrole nitrogens is 1. The molecule has 0 spiro atoms. The lowest BCUT2D eigenvalue weighted by atomic mass is 9.95. The fourth-order valence-corrected chi connectivity index (χ4v) is 4.63. The summed E-state index contributed by atoms with van der Waals surface area (Å²) in [6, 6.07) is 11.0. The lowest BCUT2D eigenvalue weighted by molar-refractivity contribution is 0.0740. The van der Waals surface area contributed by atoms with Gasteiger partial charge < -0.3 is 9.88 Å². The maximum atomic E-state index is 13.6. The number of carbonyl (C=O) groups is 1. The quantitative estimate of drug-likeness (QED) is 0.458. The second-order valence-electron chi connectivity index (χ2n) is 8.36. The number of hydrogen-bond donors (Lipinski definition) is 1. The molecule has 7 nitrogen and oxygen atoms in total. The largest absolute Gasteiger partial charge is 0.330 e. The van der Waals surface area contributed by atoms with Crippen LogP contribution in [0.25, 0.3) is 16.6 Å². The smallest absolute Gasteiger partial charge is 0.275 e. The highest BCUT2D eigenvalue weighted by Gasteiger charge is 2.28. The molecule has 0 radical (unpaired) electrons. The highest BCUT2D eigenvalue weighted by Crippen LogP contribution is 2.28. The lowest BCUT2D eigenvalue weighted by Crippen LogP contribution is -2.33. The summed E-state index contributed by atoms with van der Waals surface area (Å²) < 4.78 is 15.2. The van der Waals surface area contributed by atoms with E-state index in [-0.39, 0.29) is 23.8 Å². The van der Waals surface area contributed by atoms with Crippen molar-refractivity contribution in [2.24, 2.45) is 0 Å². The minimum atomic E-state index is -0.323. The van der Waals surface area contributed by atoms with Crippen LogP contribution in [0.1, 0.15) is 47.3 Å². The Morgan fingerprint density at radius 3 is 2.71 bits per heavy atom. The molecule has 174 valence electrons. The van der Waals surface area contributed by atoms with Crippen LogP contribution in [0.15, 0.2) is 47.3 Å². The van der Waals surface area contributed by atoms with Crippen molar-refractivity contribution in [2.45, 2.75) is 39.2 Å². The van der Waals surface area contributed by atoms with Crippen LogP contribution < -0.4 is 5.56 Å². The van der Waals surface area contributed by atoms with E-state index in [0.29, 0.717) is 34.0 Å². The van der Waals surface area contributed by atoms with E-state index in [1.165, 1.54) is 12.1 Å². The summed E-state index contributed by atoms with van der Waals surface area (Å²) in [6.45, 7) is 2.41. The summed E-state index contributed by atoms with van der Waals surface area (Å²) >= 11 is 6.07. The molecule has 0 aliphatic heterocycles. The van der Waals surface area contributed by atoms with Gasteiger partial charge in [0.1, 0.15) is 11.6 Å². The topological polar surface area (TPSA) is 83.9 Å². The van der Waals surface area contributed by atoms with Gasteiger partial charge in [0.25, 0.3) is 11.5 Å². The van der Waals surface area contributed by atoms with E-state index < -0.39 is 0 Å². The molecule has 0 saturated carbocycles. The molecule has 2 heterocycles. The van der Waals surface area contributed by atoms with Crippen LogP contribution in [0.5, 0.6) is 0 Å². The van der Waals surface area contributed by atoms with Crippen LogP contribution in [-0.4, -0.2) is 37.1 Å². The monoisotopic (exact) mass is 479 g/mol. The molecular formula is C25H23ClFN5O2. The van der Waals surface area contributed by atoms with E-state index in [0.717, 1.165) is 42.6 Å². The summed E-state index contributed by atoms with van der Waals surface area (Å²) in [6.07, 6.45) is 3.56. The average molecular weight is 480 g/mol. The summed E-state index contributed by atoms with van der Waals surface area (Å²) in [5.74, 6) is -0.173. The van der Waals surface area contributed by atoms with Gasteiger partial charge in [-0.3, -0.25) is 9.59 Å². The molecule has 1 amide bonds. The predicted octanol–water partition coefficient (Wildman–Crippen LogP) is 4.44. The van der Waals surface area contributed by atoms with Crippen molar-refractivity contribution in [3.63, 3.8) is 0 Å². The van der Waals surface area contributed by atoms with E-state index in [9.17, 15) is 14.0 Å². The number of amides is 1. The Hall–Kier alpha value is -3.52. The zero-order chi connectivity index (χ0) is 23.8. The second kappa shape index (κ2) is 9.02. The SMILES string of the molecule is CCN(Cc1nc2cc(Cl)ccc2c(=O)[nH]1)C(=O)c1nn(-c2ccc(F)cc2)c2c1CCCC2. The molecule has 34 heavy (non-hydrogen) atoms. The maximum Gasteiger partial charge on any atom is 0.275 e. The van der Waals surface area contributed by atoms with E-state index in [2.05, 4.69) is 15.1 Å². The zero-order valence-electron chi connectivity index (χ0n) is 18.6. The molecule has 0 saturated heterocycles. The van der Waals surface area contributed by atoms with Gasteiger partial charge in [-0.25, -0.2) is 14.1 Å². The third kappa shape index (κ3) is 4.09. The van der Waals surface area contributed by atoms with Crippen LogP contribution in [0.4, 0.5) is 4.39 Å². The Kier molecular flexibility index (Phi) is 5.91. The fraction of sp³-hybridized carbons (Fsp3) is 0.280. The van der Waals surface area contributed by atoms with Crippen molar-refractivity contribution < 1.29 is 9.18 Å². The normalized spacial score (nSPS) is 13.1. The molecule has 0 fully saturated rings. The number of aromatic nitrogens is 4. The van der Waals surface area contributed by atoms with Gasteiger partial charge in [-0.2, -0.15) is 5.10 Å². The van der Waals surface area contributed by atoms with E-state index in [1.54, 1.807) is 39.9 Å². The van der Waals surface area contributed by atoms with Crippen molar-refractivity contribution in [3.05, 3.63) is 86.4 Å². The summed E-state index contributed by atoms with van der Waals surface area (Å²) in [7, 11) is 0. The van der Waals surface area contributed by atoms with Crippen LogP contribution in [0.2, 0.25) is 5.02 Å². The number of aromatic amines is 1. The molecule has 1 aliphatic rings. The summed E-state index contributed by atoms with van der Waals surface area (Å²) in [5, 5.41) is 5.60. The molecule has 0 bridgehead atoms. The molecule has 2 aromatic carbocycles. The van der Waals surface area contributed by atoms with Crippen molar-refractivity contribution in [1.29, 1.82) is 0 Å². The van der Waals surface area contributed by atoms with Crippen LogP contribution >= 0.6 is 11.6 Å². The van der Waals surface area contributed by atoms with Crippen LogP contribution in [0.3, 0.4) is 0 Å². The zero-order valence-corrected chi connectivity index (χ0v) is 19.4. The number of benzene rings is 2. The standard InChI is InChI=1S/C25H23ClFN5O2/c1-2-31(14-22-28-20-13-15(26)7-12-18(20)24(33)29-22)25(34)23-19-5-3-4-6-21(19)32(30-23)17-10-8-16(27)9-11-17/h7-13H,2-6,14H2,1H3,(H,28,29,33). The van der Waals surface area contributed by atoms with Gasteiger partial charge in [-0.1, -0.05) is 11.6 Å². The number of halogens is 2. The van der Waals surface area contributed by atoms with Crippen molar-refractivity contribution in [3.8, 4) is 5.69 Å². The number of nitrogens with zero attached hydrogens (tertiary/aromatic N) is 4. The summed E-state index contributed by atoms with van der Waals surface area (Å²) in [4.78, 5) is 35.0. The second-order valence-corrected chi connectivity index (χ2v) is 8.80. The van der Waals surface area contributed by atoms with Crippen LogP contribution in [-0.2, 0) is 19.4 Å². The number of rotatable bonds is 5. The van der Waals surface area contributed by atoms with Gasteiger partial charge in [-0.15, -0.1) is 0 Å². The van der Waals surface area contributed by atoms with Crippen molar-refractivity contribution in [2.75, 3.05) is 6.54 Å². The predicted molar refractivity (Wildman–Crippen MR) is 128 cm³/mol. The van der Waals surface area contributed by atoms with Gasteiger partial charge >= 0.3 is 0 Å². The Bertz CT molecular complexity index is 1440. The van der Waals surface area contributed by atoms with Gasteiger partial charge in [0.15, 0.2) is 5.69 Å². The molecule has 0 unspecified atom stereocenters. The minimum absolute atomic E-state index is 0.130. The first-order valence-corrected chi connectivity index (χ1v) is 11.7.